The smallest absolute Gasteiger partial charge is 0.0848 e. The van der Waals surface area contributed by atoms with Crippen molar-refractivity contribution in [3.63, 3.8) is 0 Å². The van der Waals surface area contributed by atoms with Gasteiger partial charge in [0, 0.05) is 6.20 Å². The fraction of sp³-hybridized carbons (Fsp3) is 0.263. The normalized spacial score (nSPS) is 16.5. The van der Waals surface area contributed by atoms with Crippen molar-refractivity contribution in [1.82, 2.24) is 4.98 Å². The summed E-state index contributed by atoms with van der Waals surface area (Å²) in [5.74, 6) is 0. The molecule has 1 heterocycles. The highest BCUT2D eigenvalue weighted by atomic mass is 14.8. The van der Waals surface area contributed by atoms with Crippen molar-refractivity contribution in [1.29, 1.82) is 0 Å². The largest absolute Gasteiger partial charge is 0.259 e. The Morgan fingerprint density at radius 3 is 3.00 bits per heavy atom. The number of hydrogen-bond donors (Lipinski definition) is 0. The molecule has 0 fully saturated rings. The molecule has 0 N–H and O–H groups in total. The van der Waals surface area contributed by atoms with Crippen molar-refractivity contribution < 1.29 is 0 Å². The van der Waals surface area contributed by atoms with Crippen LogP contribution in [0.4, 0.5) is 0 Å². The van der Waals surface area contributed by atoms with Crippen molar-refractivity contribution in [2.45, 2.75) is 33.1 Å². The average molecular weight is 278 g/mol. The highest BCUT2D eigenvalue weighted by Crippen LogP contribution is 2.22. The van der Waals surface area contributed by atoms with Gasteiger partial charge in [-0.25, -0.2) is 4.98 Å². The van der Waals surface area contributed by atoms with Gasteiger partial charge in [0.1, 0.15) is 0 Å². The van der Waals surface area contributed by atoms with Crippen LogP contribution >= 0.6 is 0 Å². The molecule has 1 aliphatic carbocycles. The van der Waals surface area contributed by atoms with E-state index in [9.17, 15) is 0 Å². The summed E-state index contributed by atoms with van der Waals surface area (Å²) in [4.78, 5) is 9.19. The van der Waals surface area contributed by atoms with Crippen LogP contribution in [0.25, 0.3) is 5.57 Å². The zero-order chi connectivity index (χ0) is 14.9. The highest BCUT2D eigenvalue weighted by Gasteiger charge is 2.06. The summed E-state index contributed by atoms with van der Waals surface area (Å²) in [7, 11) is 0. The van der Waals surface area contributed by atoms with Crippen molar-refractivity contribution in [3.8, 4) is 0 Å². The second-order valence-electron chi connectivity index (χ2n) is 4.97. The second kappa shape index (κ2) is 8.15. The molecule has 1 aliphatic rings. The Hall–Kier alpha value is -2.22. The van der Waals surface area contributed by atoms with Gasteiger partial charge in [0.25, 0.3) is 0 Å². The topological polar surface area (TPSA) is 25.2 Å². The van der Waals surface area contributed by atoms with Crippen LogP contribution in [-0.2, 0) is 0 Å². The van der Waals surface area contributed by atoms with Crippen molar-refractivity contribution in [2.24, 2.45) is 4.99 Å². The third-order valence-electron chi connectivity index (χ3n) is 3.35. The molecule has 0 bridgehead atoms. The molecule has 0 atom stereocenters. The van der Waals surface area contributed by atoms with Crippen molar-refractivity contribution in [3.05, 3.63) is 72.2 Å². The fourth-order valence-corrected chi connectivity index (χ4v) is 2.19. The summed E-state index contributed by atoms with van der Waals surface area (Å²) in [6.45, 7) is 3.98. The van der Waals surface area contributed by atoms with Crippen LogP contribution in [0.3, 0.4) is 0 Å². The summed E-state index contributed by atoms with van der Waals surface area (Å²) in [5, 5.41) is 0. The maximum atomic E-state index is 4.76. The SMILES string of the molecule is C/C=C\C=C/N=C(C)c1cccc(C2=CCC=CCC2)n1. The number of aliphatic imine (C=N–C) groups is 1. The van der Waals surface area contributed by atoms with E-state index in [-0.39, 0.29) is 0 Å². The van der Waals surface area contributed by atoms with E-state index in [0.717, 1.165) is 36.4 Å². The molecule has 0 spiro atoms. The summed E-state index contributed by atoms with van der Waals surface area (Å²) >= 11 is 0. The third-order valence-corrected chi connectivity index (χ3v) is 3.35. The van der Waals surface area contributed by atoms with Gasteiger partial charge in [-0.3, -0.25) is 4.99 Å². The first-order chi connectivity index (χ1) is 10.3. The standard InChI is InChI=1S/C19H22N2/c1-3-4-9-15-20-16(2)18-13-10-14-19(21-18)17-11-7-5-6-8-12-17/h3-6,9-11,13-15H,7-8,12H2,1-2H3/b4-3-,15-9-,20-16?. The lowest BCUT2D eigenvalue weighted by Crippen LogP contribution is -2.01. The Kier molecular flexibility index (Phi) is 5.89. The Balaban J connectivity index is 2.19. The summed E-state index contributed by atoms with van der Waals surface area (Å²) in [6, 6.07) is 6.16. The summed E-state index contributed by atoms with van der Waals surface area (Å²) in [5.41, 5.74) is 4.28. The lowest BCUT2D eigenvalue weighted by atomic mass is 10.1. The van der Waals surface area contributed by atoms with E-state index in [1.807, 2.05) is 38.1 Å². The van der Waals surface area contributed by atoms with Gasteiger partial charge in [-0.2, -0.15) is 0 Å². The van der Waals surface area contributed by atoms with E-state index in [1.165, 1.54) is 5.57 Å². The molecule has 0 saturated heterocycles. The molecule has 2 rings (SSSR count). The first kappa shape index (κ1) is 15.2. The van der Waals surface area contributed by atoms with E-state index >= 15 is 0 Å². The molecule has 2 heteroatoms. The predicted molar refractivity (Wildman–Crippen MR) is 91.4 cm³/mol. The highest BCUT2D eigenvalue weighted by molar-refractivity contribution is 5.97. The van der Waals surface area contributed by atoms with E-state index in [1.54, 1.807) is 6.20 Å². The molecular weight excluding hydrogens is 256 g/mol. The number of aromatic nitrogens is 1. The third kappa shape index (κ3) is 4.67. The van der Waals surface area contributed by atoms with Crippen LogP contribution in [0.15, 0.2) is 65.8 Å². The lowest BCUT2D eigenvalue weighted by Gasteiger charge is -2.07. The molecule has 0 aliphatic heterocycles. The van der Waals surface area contributed by atoms with Crippen LogP contribution in [0.1, 0.15) is 44.5 Å². The fourth-order valence-electron chi connectivity index (χ4n) is 2.19. The molecule has 0 amide bonds. The predicted octanol–water partition coefficient (Wildman–Crippen LogP) is 5.10. The average Bonchev–Trinajstić information content (AvgIpc) is 2.81. The molecule has 21 heavy (non-hydrogen) atoms. The number of hydrogen-bond acceptors (Lipinski definition) is 2. The number of allylic oxidation sites excluding steroid dienone is 7. The van der Waals surface area contributed by atoms with Crippen molar-refractivity contribution >= 4 is 11.3 Å². The van der Waals surface area contributed by atoms with Gasteiger partial charge < -0.3 is 0 Å². The second-order valence-corrected chi connectivity index (χ2v) is 4.97. The Morgan fingerprint density at radius 2 is 2.14 bits per heavy atom. The van der Waals surface area contributed by atoms with Crippen LogP contribution in [0.2, 0.25) is 0 Å². The van der Waals surface area contributed by atoms with E-state index in [2.05, 4.69) is 35.4 Å². The van der Waals surface area contributed by atoms with E-state index < -0.39 is 0 Å². The van der Waals surface area contributed by atoms with Gasteiger partial charge in [0.15, 0.2) is 0 Å². The minimum Gasteiger partial charge on any atom is -0.259 e. The first-order valence-electron chi connectivity index (χ1n) is 7.45. The minimum absolute atomic E-state index is 0.935. The van der Waals surface area contributed by atoms with Crippen LogP contribution in [-0.4, -0.2) is 10.7 Å². The van der Waals surface area contributed by atoms with Gasteiger partial charge in [-0.05, 0) is 56.9 Å². The van der Waals surface area contributed by atoms with Gasteiger partial charge in [-0.15, -0.1) is 0 Å². The number of nitrogens with zero attached hydrogens (tertiary/aromatic N) is 2. The summed E-state index contributed by atoms with van der Waals surface area (Å²) in [6.07, 6.45) is 17.6. The van der Waals surface area contributed by atoms with E-state index in [0.29, 0.717) is 0 Å². The number of pyridine rings is 1. The van der Waals surface area contributed by atoms with Crippen LogP contribution in [0, 0.1) is 0 Å². The Bertz CT molecular complexity index is 616. The Labute approximate surface area is 127 Å². The molecule has 0 unspecified atom stereocenters. The Morgan fingerprint density at radius 1 is 1.24 bits per heavy atom. The van der Waals surface area contributed by atoms with Gasteiger partial charge in [0.2, 0.25) is 0 Å². The van der Waals surface area contributed by atoms with Gasteiger partial charge in [-0.1, -0.05) is 36.4 Å². The zero-order valence-corrected chi connectivity index (χ0v) is 12.8. The van der Waals surface area contributed by atoms with Crippen molar-refractivity contribution in [2.75, 3.05) is 0 Å². The van der Waals surface area contributed by atoms with Crippen LogP contribution < -0.4 is 0 Å². The lowest BCUT2D eigenvalue weighted by molar-refractivity contribution is 1.06. The maximum Gasteiger partial charge on any atom is 0.0848 e. The van der Waals surface area contributed by atoms with Crippen LogP contribution in [0.5, 0.6) is 0 Å². The molecule has 0 radical (unpaired) electrons. The molecule has 1 aromatic heterocycles. The molecule has 0 saturated carbocycles. The maximum absolute atomic E-state index is 4.76. The monoisotopic (exact) mass is 278 g/mol. The van der Waals surface area contributed by atoms with E-state index in [4.69, 9.17) is 4.98 Å². The van der Waals surface area contributed by atoms with Gasteiger partial charge in [0.05, 0.1) is 17.1 Å². The molecule has 1 aromatic rings. The zero-order valence-electron chi connectivity index (χ0n) is 12.8. The summed E-state index contributed by atoms with van der Waals surface area (Å²) < 4.78 is 0. The molecule has 0 aromatic carbocycles. The first-order valence-corrected chi connectivity index (χ1v) is 7.45. The molecular formula is C19H22N2. The molecule has 2 nitrogen and oxygen atoms in total. The minimum atomic E-state index is 0.935. The quantitative estimate of drug-likeness (QED) is 0.427. The van der Waals surface area contributed by atoms with Gasteiger partial charge >= 0.3 is 0 Å². The number of rotatable bonds is 4. The molecule has 108 valence electrons.